The van der Waals surface area contributed by atoms with Crippen molar-refractivity contribution in [3.63, 3.8) is 0 Å². The number of nitrogens with zero attached hydrogens (tertiary/aromatic N) is 3. The maximum absolute atomic E-state index is 11.2. The van der Waals surface area contributed by atoms with Crippen LogP contribution in [0.2, 0.25) is 0 Å². The molecule has 0 aromatic carbocycles. The van der Waals surface area contributed by atoms with Gasteiger partial charge in [0.15, 0.2) is 0 Å². The Morgan fingerprint density at radius 3 is 2.33 bits per heavy atom. The van der Waals surface area contributed by atoms with Gasteiger partial charge in [0.1, 0.15) is 5.69 Å². The van der Waals surface area contributed by atoms with Gasteiger partial charge in [-0.1, -0.05) is 0 Å². The molecule has 2 fully saturated rings. The molecule has 0 aliphatic carbocycles. The van der Waals surface area contributed by atoms with Gasteiger partial charge in [-0.15, -0.1) is 0 Å². The summed E-state index contributed by atoms with van der Waals surface area (Å²) in [6.45, 7) is 7.04. The van der Waals surface area contributed by atoms with E-state index in [9.17, 15) is 9.90 Å². The van der Waals surface area contributed by atoms with Crippen molar-refractivity contribution in [2.75, 3.05) is 39.3 Å². The number of rotatable bonds is 5. The molecular weight excluding hydrogens is 266 g/mol. The van der Waals surface area contributed by atoms with Crippen molar-refractivity contribution < 1.29 is 9.90 Å². The third-order valence-electron chi connectivity index (χ3n) is 4.88. The molecule has 0 radical (unpaired) electrons. The minimum atomic E-state index is -0.823. The largest absolute Gasteiger partial charge is 0.477 e. The quantitative estimate of drug-likeness (QED) is 0.900. The molecular formula is C16H25N3O2. The fourth-order valence-corrected chi connectivity index (χ4v) is 3.60. The highest BCUT2D eigenvalue weighted by molar-refractivity contribution is 5.85. The van der Waals surface area contributed by atoms with Crippen LogP contribution in [0.5, 0.6) is 0 Å². The summed E-state index contributed by atoms with van der Waals surface area (Å²) < 4.78 is 1.94. The second-order valence-electron chi connectivity index (χ2n) is 6.23. The molecule has 1 aromatic rings. The first-order valence-electron chi connectivity index (χ1n) is 8.09. The zero-order valence-corrected chi connectivity index (χ0v) is 12.6. The lowest BCUT2D eigenvalue weighted by Gasteiger charge is -2.34. The zero-order chi connectivity index (χ0) is 14.7. The van der Waals surface area contributed by atoms with E-state index < -0.39 is 5.97 Å². The van der Waals surface area contributed by atoms with Crippen molar-refractivity contribution in [3.05, 3.63) is 24.0 Å². The molecule has 3 rings (SSSR count). The Kier molecular flexibility index (Phi) is 4.60. The summed E-state index contributed by atoms with van der Waals surface area (Å²) in [5, 5.41) is 9.21. The molecule has 2 saturated heterocycles. The summed E-state index contributed by atoms with van der Waals surface area (Å²) in [6, 6.07) is 3.87. The molecule has 0 amide bonds. The van der Waals surface area contributed by atoms with Crippen LogP contribution < -0.4 is 0 Å². The molecule has 116 valence electrons. The van der Waals surface area contributed by atoms with Crippen LogP contribution in [0.4, 0.5) is 0 Å². The molecule has 5 heteroatoms. The van der Waals surface area contributed by atoms with E-state index in [1.54, 1.807) is 6.07 Å². The zero-order valence-electron chi connectivity index (χ0n) is 12.6. The van der Waals surface area contributed by atoms with E-state index in [4.69, 9.17) is 0 Å². The van der Waals surface area contributed by atoms with Crippen LogP contribution in [0.25, 0.3) is 0 Å². The van der Waals surface area contributed by atoms with Crippen molar-refractivity contribution in [2.45, 2.75) is 31.7 Å². The third-order valence-corrected chi connectivity index (χ3v) is 4.88. The van der Waals surface area contributed by atoms with E-state index in [0.717, 1.165) is 32.5 Å². The topological polar surface area (TPSA) is 48.7 Å². The predicted molar refractivity (Wildman–Crippen MR) is 81.8 cm³/mol. The van der Waals surface area contributed by atoms with E-state index in [0.29, 0.717) is 11.7 Å². The van der Waals surface area contributed by atoms with Crippen LogP contribution in [0.3, 0.4) is 0 Å². The number of carboxylic acids is 1. The molecule has 0 bridgehead atoms. The number of hydrogen-bond acceptors (Lipinski definition) is 3. The molecule has 0 unspecified atom stereocenters. The van der Waals surface area contributed by atoms with Crippen LogP contribution in [0.15, 0.2) is 18.3 Å². The Hall–Kier alpha value is -1.33. The standard InChI is InChI=1S/C16H25N3O2/c20-16(21)15-4-3-9-19(15)14-5-10-18(11-6-14)13-12-17-7-1-2-8-17/h3-4,9,14H,1-2,5-8,10-13H2,(H,20,21). The molecule has 1 aromatic heterocycles. The van der Waals surface area contributed by atoms with E-state index >= 15 is 0 Å². The number of piperidine rings is 1. The number of carboxylic acid groups (broad SMARTS) is 1. The molecule has 3 heterocycles. The van der Waals surface area contributed by atoms with E-state index in [1.807, 2.05) is 16.8 Å². The normalized spacial score (nSPS) is 21.9. The summed E-state index contributed by atoms with van der Waals surface area (Å²) in [6.07, 6.45) is 6.72. The first-order valence-corrected chi connectivity index (χ1v) is 8.09. The summed E-state index contributed by atoms with van der Waals surface area (Å²) in [4.78, 5) is 16.3. The van der Waals surface area contributed by atoms with Crippen LogP contribution in [0.1, 0.15) is 42.2 Å². The lowest BCUT2D eigenvalue weighted by Crippen LogP contribution is -2.39. The van der Waals surface area contributed by atoms with Crippen molar-refractivity contribution in [1.29, 1.82) is 0 Å². The Morgan fingerprint density at radius 2 is 1.71 bits per heavy atom. The second kappa shape index (κ2) is 6.62. The maximum Gasteiger partial charge on any atom is 0.352 e. The van der Waals surface area contributed by atoms with Gasteiger partial charge in [-0.25, -0.2) is 4.79 Å². The molecule has 21 heavy (non-hydrogen) atoms. The first-order chi connectivity index (χ1) is 10.2. The van der Waals surface area contributed by atoms with Gasteiger partial charge in [0.25, 0.3) is 0 Å². The van der Waals surface area contributed by atoms with Gasteiger partial charge in [-0.05, 0) is 50.9 Å². The Bertz CT molecular complexity index is 472. The van der Waals surface area contributed by atoms with Crippen molar-refractivity contribution in [1.82, 2.24) is 14.4 Å². The summed E-state index contributed by atoms with van der Waals surface area (Å²) >= 11 is 0. The van der Waals surface area contributed by atoms with Crippen molar-refractivity contribution >= 4 is 5.97 Å². The van der Waals surface area contributed by atoms with Crippen LogP contribution in [0, 0.1) is 0 Å². The van der Waals surface area contributed by atoms with E-state index in [1.165, 1.54) is 32.5 Å². The Labute approximate surface area is 126 Å². The van der Waals surface area contributed by atoms with Gasteiger partial charge in [0, 0.05) is 38.4 Å². The Balaban J connectivity index is 1.48. The SMILES string of the molecule is O=C(O)c1cccn1C1CCN(CCN2CCCC2)CC1. The maximum atomic E-state index is 11.2. The molecule has 0 saturated carbocycles. The molecule has 2 aliphatic rings. The summed E-state index contributed by atoms with van der Waals surface area (Å²) in [5.41, 5.74) is 0.422. The first kappa shape index (κ1) is 14.6. The lowest BCUT2D eigenvalue weighted by molar-refractivity contribution is 0.0678. The fourth-order valence-electron chi connectivity index (χ4n) is 3.60. The van der Waals surface area contributed by atoms with Gasteiger partial charge in [0.2, 0.25) is 0 Å². The fraction of sp³-hybridized carbons (Fsp3) is 0.688. The second-order valence-corrected chi connectivity index (χ2v) is 6.23. The Morgan fingerprint density at radius 1 is 1.10 bits per heavy atom. The third kappa shape index (κ3) is 3.47. The van der Waals surface area contributed by atoms with Gasteiger partial charge in [-0.2, -0.15) is 0 Å². The monoisotopic (exact) mass is 291 g/mol. The lowest BCUT2D eigenvalue weighted by atomic mass is 10.0. The number of aromatic nitrogens is 1. The number of carbonyl (C=O) groups is 1. The van der Waals surface area contributed by atoms with Crippen molar-refractivity contribution in [3.8, 4) is 0 Å². The van der Waals surface area contributed by atoms with Gasteiger partial charge in [-0.3, -0.25) is 0 Å². The number of aromatic carboxylic acids is 1. The molecule has 0 spiro atoms. The highest BCUT2D eigenvalue weighted by atomic mass is 16.4. The van der Waals surface area contributed by atoms with Crippen LogP contribution >= 0.6 is 0 Å². The van der Waals surface area contributed by atoms with Crippen molar-refractivity contribution in [2.24, 2.45) is 0 Å². The van der Waals surface area contributed by atoms with E-state index in [2.05, 4.69) is 9.80 Å². The van der Waals surface area contributed by atoms with Gasteiger partial charge in [0.05, 0.1) is 0 Å². The number of hydrogen-bond donors (Lipinski definition) is 1. The smallest absolute Gasteiger partial charge is 0.352 e. The molecule has 0 atom stereocenters. The van der Waals surface area contributed by atoms with Gasteiger partial charge < -0.3 is 19.5 Å². The van der Waals surface area contributed by atoms with Crippen LogP contribution in [-0.2, 0) is 0 Å². The molecule has 1 N–H and O–H groups in total. The highest BCUT2D eigenvalue weighted by Crippen LogP contribution is 2.24. The average molecular weight is 291 g/mol. The summed E-state index contributed by atoms with van der Waals surface area (Å²) in [7, 11) is 0. The summed E-state index contributed by atoms with van der Waals surface area (Å²) in [5.74, 6) is -0.823. The molecule has 2 aliphatic heterocycles. The van der Waals surface area contributed by atoms with Gasteiger partial charge >= 0.3 is 5.97 Å². The van der Waals surface area contributed by atoms with E-state index in [-0.39, 0.29) is 0 Å². The average Bonchev–Trinajstić information content (AvgIpc) is 3.17. The highest BCUT2D eigenvalue weighted by Gasteiger charge is 2.23. The number of likely N-dealkylation sites (tertiary alicyclic amines) is 2. The minimum absolute atomic E-state index is 0.342. The minimum Gasteiger partial charge on any atom is -0.477 e. The van der Waals surface area contributed by atoms with Crippen LogP contribution in [-0.4, -0.2) is 64.7 Å². The molecule has 5 nitrogen and oxygen atoms in total. The predicted octanol–water partition coefficient (Wildman–Crippen LogP) is 1.92.